The number of nitrogens with one attached hydrogen (secondary N) is 1. The zero-order chi connectivity index (χ0) is 19.7. The molecule has 1 aromatic rings. The molecule has 4 bridgehead atoms. The molecule has 1 aromatic carbocycles. The highest BCUT2D eigenvalue weighted by Gasteiger charge is 2.58. The van der Waals surface area contributed by atoms with Gasteiger partial charge in [-0.2, -0.15) is 0 Å². The zero-order valence-electron chi connectivity index (χ0n) is 15.4. The molecule has 0 heterocycles. The van der Waals surface area contributed by atoms with E-state index in [4.69, 9.17) is 16.3 Å². The number of hydrogen-bond donors (Lipinski definition) is 1. The Kier molecular flexibility index (Phi) is 4.22. The van der Waals surface area contributed by atoms with Crippen molar-refractivity contribution in [3.63, 3.8) is 0 Å². The minimum absolute atomic E-state index is 0.115. The first kappa shape index (κ1) is 18.7. The summed E-state index contributed by atoms with van der Waals surface area (Å²) in [5.41, 5.74) is -0.206. The van der Waals surface area contributed by atoms with Gasteiger partial charge in [0.05, 0.1) is 22.4 Å². The molecule has 6 rings (SSSR count). The van der Waals surface area contributed by atoms with Gasteiger partial charge in [0, 0.05) is 11.5 Å². The van der Waals surface area contributed by atoms with Crippen LogP contribution in [0.3, 0.4) is 0 Å². The normalized spacial score (nSPS) is 33.3. The van der Waals surface area contributed by atoms with Crippen LogP contribution in [0, 0.1) is 29.0 Å². The number of ether oxygens (including phenoxy) is 1. The van der Waals surface area contributed by atoms with Crippen molar-refractivity contribution in [1.82, 2.24) is 4.72 Å². The van der Waals surface area contributed by atoms with Crippen LogP contribution < -0.4 is 9.46 Å². The highest BCUT2D eigenvalue weighted by atomic mass is 35.5. The van der Waals surface area contributed by atoms with Gasteiger partial charge in [-0.3, -0.25) is 4.79 Å². The first-order chi connectivity index (χ1) is 13.3. The Morgan fingerprint density at radius 1 is 1.21 bits per heavy atom. The van der Waals surface area contributed by atoms with E-state index in [1.54, 1.807) is 0 Å². The van der Waals surface area contributed by atoms with Gasteiger partial charge in [-0.15, -0.1) is 0 Å². The van der Waals surface area contributed by atoms with Crippen LogP contribution in [-0.2, 0) is 10.0 Å². The minimum Gasteiger partial charge on any atom is -0.491 e. The maximum atomic E-state index is 14.5. The van der Waals surface area contributed by atoms with Crippen LogP contribution in [0.4, 0.5) is 4.39 Å². The molecule has 5 saturated carbocycles. The molecule has 2 atom stereocenters. The summed E-state index contributed by atoms with van der Waals surface area (Å²) in [6.07, 6.45) is 7.27. The molecule has 5 aliphatic carbocycles. The highest BCUT2D eigenvalue weighted by molar-refractivity contribution is 7.91. The number of carbonyl (C=O) groups is 1. The Bertz CT molecular complexity index is 932. The third kappa shape index (κ3) is 3.11. The highest BCUT2D eigenvalue weighted by Crippen LogP contribution is 2.65. The van der Waals surface area contributed by atoms with Crippen molar-refractivity contribution < 1.29 is 22.3 Å². The van der Waals surface area contributed by atoms with E-state index in [1.807, 2.05) is 4.72 Å². The molecular formula is C20H23ClFNO4S. The van der Waals surface area contributed by atoms with Crippen molar-refractivity contribution in [2.45, 2.75) is 50.2 Å². The van der Waals surface area contributed by atoms with Crippen molar-refractivity contribution >= 4 is 27.5 Å². The molecule has 1 amide bonds. The lowest BCUT2D eigenvalue weighted by Crippen LogP contribution is -2.33. The lowest BCUT2D eigenvalue weighted by Gasteiger charge is -2.32. The number of rotatable bonds is 6. The summed E-state index contributed by atoms with van der Waals surface area (Å²) in [6, 6.07) is 2.25. The second-order valence-electron chi connectivity index (χ2n) is 9.13. The first-order valence-electron chi connectivity index (χ1n) is 9.93. The van der Waals surface area contributed by atoms with E-state index < -0.39 is 27.0 Å². The van der Waals surface area contributed by atoms with Gasteiger partial charge in [0.1, 0.15) is 11.6 Å². The lowest BCUT2D eigenvalue weighted by atomic mass is 9.76. The quantitative estimate of drug-likeness (QED) is 0.747. The van der Waals surface area contributed by atoms with Crippen molar-refractivity contribution in [2.75, 3.05) is 6.61 Å². The molecule has 28 heavy (non-hydrogen) atoms. The molecule has 2 unspecified atom stereocenters. The number of halogens is 2. The van der Waals surface area contributed by atoms with E-state index in [1.165, 1.54) is 32.1 Å². The van der Waals surface area contributed by atoms with Crippen molar-refractivity contribution in [3.05, 3.63) is 28.5 Å². The third-order valence-electron chi connectivity index (χ3n) is 7.14. The lowest BCUT2D eigenvalue weighted by molar-refractivity contribution is 0.0975. The van der Waals surface area contributed by atoms with Crippen LogP contribution in [0.15, 0.2) is 12.1 Å². The Balaban J connectivity index is 1.30. The molecule has 0 aliphatic heterocycles. The summed E-state index contributed by atoms with van der Waals surface area (Å²) in [4.78, 5) is 12.2. The zero-order valence-corrected chi connectivity index (χ0v) is 17.0. The Morgan fingerprint density at radius 2 is 1.89 bits per heavy atom. The maximum Gasteiger partial charge on any atom is 0.267 e. The second-order valence-corrected chi connectivity index (χ2v) is 11.5. The minimum atomic E-state index is -3.75. The van der Waals surface area contributed by atoms with Gasteiger partial charge in [-0.1, -0.05) is 11.6 Å². The van der Waals surface area contributed by atoms with Gasteiger partial charge >= 0.3 is 0 Å². The smallest absolute Gasteiger partial charge is 0.267 e. The third-order valence-corrected chi connectivity index (χ3v) is 9.25. The van der Waals surface area contributed by atoms with Crippen LogP contribution in [-0.4, -0.2) is 26.2 Å². The van der Waals surface area contributed by atoms with E-state index in [9.17, 15) is 17.6 Å². The van der Waals surface area contributed by atoms with Gasteiger partial charge in [0.25, 0.3) is 5.91 Å². The van der Waals surface area contributed by atoms with Crippen LogP contribution in [0.25, 0.3) is 0 Å². The van der Waals surface area contributed by atoms with E-state index in [-0.39, 0.29) is 21.8 Å². The second kappa shape index (κ2) is 6.33. The van der Waals surface area contributed by atoms with Crippen LogP contribution >= 0.6 is 11.6 Å². The molecule has 0 spiro atoms. The molecule has 5 fully saturated rings. The Morgan fingerprint density at radius 3 is 2.54 bits per heavy atom. The molecule has 0 aromatic heterocycles. The number of benzene rings is 1. The van der Waals surface area contributed by atoms with Gasteiger partial charge in [-0.25, -0.2) is 17.5 Å². The fraction of sp³-hybridized carbons (Fsp3) is 0.650. The van der Waals surface area contributed by atoms with E-state index >= 15 is 0 Å². The summed E-state index contributed by atoms with van der Waals surface area (Å²) in [7, 11) is -3.75. The molecule has 8 heteroatoms. The fourth-order valence-corrected chi connectivity index (χ4v) is 7.39. The summed E-state index contributed by atoms with van der Waals surface area (Å²) in [6.45, 7) is 0.519. The predicted molar refractivity (Wildman–Crippen MR) is 102 cm³/mol. The van der Waals surface area contributed by atoms with Crippen LogP contribution in [0.1, 0.15) is 55.3 Å². The molecule has 152 valence electrons. The Labute approximate surface area is 169 Å². The van der Waals surface area contributed by atoms with Crippen molar-refractivity contribution in [1.29, 1.82) is 0 Å². The molecule has 5 aliphatic rings. The summed E-state index contributed by atoms with van der Waals surface area (Å²) < 4.78 is 46.2. The van der Waals surface area contributed by atoms with Crippen molar-refractivity contribution in [2.24, 2.45) is 23.2 Å². The van der Waals surface area contributed by atoms with Gasteiger partial charge in [0.15, 0.2) is 0 Å². The molecule has 0 radical (unpaired) electrons. The first-order valence-corrected chi connectivity index (χ1v) is 11.9. The fourth-order valence-electron chi connectivity index (χ4n) is 5.88. The van der Waals surface area contributed by atoms with Gasteiger partial charge < -0.3 is 4.74 Å². The standard InChI is InChI=1S/C20H23ClFNO4S/c21-16-6-15(19(24)23-28(25,26)14-1-2-14)17(22)7-18(16)27-10-20-8-11-3-12(9-20)5-13(20)4-11/h6-7,11-14H,1-5,8-10H2,(H,23,24). The van der Waals surface area contributed by atoms with Crippen LogP contribution in [0.2, 0.25) is 5.02 Å². The number of sulfonamides is 1. The molecule has 5 nitrogen and oxygen atoms in total. The Hall–Kier alpha value is -1.34. The van der Waals surface area contributed by atoms with Gasteiger partial charge in [0.2, 0.25) is 10.0 Å². The topological polar surface area (TPSA) is 72.5 Å². The van der Waals surface area contributed by atoms with E-state index in [2.05, 4.69) is 0 Å². The molecular weight excluding hydrogens is 405 g/mol. The average Bonchev–Trinajstić information content (AvgIpc) is 3.40. The predicted octanol–water partition coefficient (Wildman–Crippen LogP) is 3.91. The monoisotopic (exact) mass is 427 g/mol. The average molecular weight is 428 g/mol. The summed E-state index contributed by atoms with van der Waals surface area (Å²) in [5.74, 6) is 0.667. The largest absolute Gasteiger partial charge is 0.491 e. The number of hydrogen-bond acceptors (Lipinski definition) is 4. The summed E-state index contributed by atoms with van der Waals surface area (Å²) in [5, 5.41) is -0.446. The van der Waals surface area contributed by atoms with Crippen LogP contribution in [0.5, 0.6) is 5.75 Å². The van der Waals surface area contributed by atoms with Crippen molar-refractivity contribution in [3.8, 4) is 5.75 Å². The van der Waals surface area contributed by atoms with E-state index in [0.29, 0.717) is 25.4 Å². The maximum absolute atomic E-state index is 14.5. The summed E-state index contributed by atoms with van der Waals surface area (Å²) >= 11 is 6.23. The molecule has 0 saturated heterocycles. The number of carbonyl (C=O) groups excluding carboxylic acids is 1. The van der Waals surface area contributed by atoms with Gasteiger partial charge in [-0.05, 0) is 68.8 Å². The number of amides is 1. The SMILES string of the molecule is O=C(NS(=O)(=O)C1CC1)c1cc(Cl)c(OCC23CC4CC(CC2C4)C3)cc1F. The van der Waals surface area contributed by atoms with E-state index in [0.717, 1.165) is 24.0 Å². The molecule has 1 N–H and O–H groups in total.